The molecule has 0 spiro atoms. The van der Waals surface area contributed by atoms with Gasteiger partial charge in [-0.05, 0) is 36.8 Å². The summed E-state index contributed by atoms with van der Waals surface area (Å²) >= 11 is 0. The van der Waals surface area contributed by atoms with Crippen molar-refractivity contribution in [1.82, 2.24) is 0 Å². The molecule has 0 heterocycles. The van der Waals surface area contributed by atoms with Crippen molar-refractivity contribution in [1.29, 1.82) is 0 Å². The summed E-state index contributed by atoms with van der Waals surface area (Å²) in [5.74, 6) is 0. The SMILES string of the molecule is Cc1cc[c]cc1NS(=O)(=O)c1ccccc1. The Kier molecular flexibility index (Phi) is 3.15. The van der Waals surface area contributed by atoms with Gasteiger partial charge < -0.3 is 0 Å². The van der Waals surface area contributed by atoms with Crippen LogP contribution in [-0.2, 0) is 10.0 Å². The van der Waals surface area contributed by atoms with Crippen LogP contribution in [0.1, 0.15) is 5.56 Å². The molecule has 1 N–H and O–H groups in total. The molecule has 0 saturated carbocycles. The standard InChI is InChI=1S/C13H12NO2S/c1-11-7-5-6-10-13(11)14-17(15,16)12-8-3-2-4-9-12/h2-5,7-10,14H,1H3. The Hall–Kier alpha value is -1.81. The van der Waals surface area contributed by atoms with Crippen LogP contribution in [0, 0.1) is 13.0 Å². The molecule has 0 bridgehead atoms. The van der Waals surface area contributed by atoms with E-state index in [-0.39, 0.29) is 4.90 Å². The Balaban J connectivity index is 2.34. The molecule has 0 saturated heterocycles. The molecule has 2 aromatic carbocycles. The van der Waals surface area contributed by atoms with Crippen molar-refractivity contribution in [3.8, 4) is 0 Å². The highest BCUT2D eigenvalue weighted by molar-refractivity contribution is 7.92. The quantitative estimate of drug-likeness (QED) is 0.904. The fourth-order valence-electron chi connectivity index (χ4n) is 1.42. The van der Waals surface area contributed by atoms with Crippen LogP contribution >= 0.6 is 0 Å². The lowest BCUT2D eigenvalue weighted by atomic mass is 10.2. The predicted molar refractivity (Wildman–Crippen MR) is 67.3 cm³/mol. The molecule has 17 heavy (non-hydrogen) atoms. The maximum absolute atomic E-state index is 12.0. The van der Waals surface area contributed by atoms with Crippen LogP contribution < -0.4 is 4.72 Å². The molecule has 0 atom stereocenters. The third-order valence-corrected chi connectivity index (χ3v) is 3.76. The predicted octanol–water partition coefficient (Wildman–Crippen LogP) is 2.60. The first kappa shape index (κ1) is 11.7. The van der Waals surface area contributed by atoms with Gasteiger partial charge in [0, 0.05) is 0 Å². The van der Waals surface area contributed by atoms with Gasteiger partial charge in [-0.15, -0.1) is 0 Å². The molecule has 0 aliphatic rings. The monoisotopic (exact) mass is 246 g/mol. The van der Waals surface area contributed by atoms with Crippen LogP contribution in [0.2, 0.25) is 0 Å². The second-order valence-corrected chi connectivity index (χ2v) is 5.34. The van der Waals surface area contributed by atoms with Gasteiger partial charge in [0.05, 0.1) is 10.6 Å². The second kappa shape index (κ2) is 4.59. The molecule has 2 rings (SSSR count). The summed E-state index contributed by atoms with van der Waals surface area (Å²) in [5.41, 5.74) is 1.42. The lowest BCUT2D eigenvalue weighted by molar-refractivity contribution is 0.601. The first-order valence-electron chi connectivity index (χ1n) is 5.14. The third kappa shape index (κ3) is 2.65. The number of anilines is 1. The van der Waals surface area contributed by atoms with Crippen molar-refractivity contribution >= 4 is 15.7 Å². The van der Waals surface area contributed by atoms with Crippen molar-refractivity contribution < 1.29 is 8.42 Å². The Morgan fingerprint density at radius 3 is 2.47 bits per heavy atom. The zero-order valence-electron chi connectivity index (χ0n) is 9.34. The molecule has 0 aliphatic heterocycles. The molecule has 1 radical (unpaired) electrons. The average molecular weight is 246 g/mol. The van der Waals surface area contributed by atoms with Gasteiger partial charge in [0.15, 0.2) is 0 Å². The highest BCUT2D eigenvalue weighted by Gasteiger charge is 2.13. The Bertz CT molecular complexity index is 606. The van der Waals surface area contributed by atoms with Gasteiger partial charge in [-0.25, -0.2) is 8.42 Å². The fraction of sp³-hybridized carbons (Fsp3) is 0.0769. The zero-order valence-corrected chi connectivity index (χ0v) is 10.2. The number of nitrogens with one attached hydrogen (secondary N) is 1. The van der Waals surface area contributed by atoms with Crippen molar-refractivity contribution in [2.45, 2.75) is 11.8 Å². The van der Waals surface area contributed by atoms with E-state index in [2.05, 4.69) is 10.8 Å². The summed E-state index contributed by atoms with van der Waals surface area (Å²) in [5, 5.41) is 0. The molecule has 0 aromatic heterocycles. The largest absolute Gasteiger partial charge is 0.279 e. The summed E-state index contributed by atoms with van der Waals surface area (Å²) in [6, 6.07) is 16.3. The van der Waals surface area contributed by atoms with Gasteiger partial charge in [-0.1, -0.05) is 30.3 Å². The molecule has 0 aliphatic carbocycles. The molecule has 4 heteroatoms. The zero-order chi connectivity index (χ0) is 12.3. The van der Waals surface area contributed by atoms with Crippen LogP contribution in [0.15, 0.2) is 53.4 Å². The lowest BCUT2D eigenvalue weighted by Gasteiger charge is -2.09. The minimum Gasteiger partial charge on any atom is -0.279 e. The summed E-state index contributed by atoms with van der Waals surface area (Å²) in [6.45, 7) is 1.84. The van der Waals surface area contributed by atoms with Crippen molar-refractivity contribution in [2.24, 2.45) is 0 Å². The summed E-state index contributed by atoms with van der Waals surface area (Å²) in [4.78, 5) is 0.253. The first-order chi connectivity index (χ1) is 8.09. The molecular weight excluding hydrogens is 234 g/mol. The number of rotatable bonds is 3. The van der Waals surface area contributed by atoms with Crippen LogP contribution in [0.3, 0.4) is 0 Å². The van der Waals surface area contributed by atoms with Crippen LogP contribution in [-0.4, -0.2) is 8.42 Å². The molecule has 0 unspecified atom stereocenters. The van der Waals surface area contributed by atoms with E-state index in [4.69, 9.17) is 0 Å². The highest BCUT2D eigenvalue weighted by atomic mass is 32.2. The van der Waals surface area contributed by atoms with E-state index < -0.39 is 10.0 Å². The van der Waals surface area contributed by atoms with Crippen molar-refractivity contribution in [3.05, 3.63) is 60.2 Å². The number of hydrogen-bond acceptors (Lipinski definition) is 2. The smallest absolute Gasteiger partial charge is 0.261 e. The molecule has 87 valence electrons. The number of sulfonamides is 1. The van der Waals surface area contributed by atoms with Gasteiger partial charge in [0.2, 0.25) is 0 Å². The minimum absolute atomic E-state index is 0.253. The Labute approximate surface area is 101 Å². The maximum Gasteiger partial charge on any atom is 0.261 e. The van der Waals surface area contributed by atoms with Gasteiger partial charge in [0.25, 0.3) is 10.0 Å². The topological polar surface area (TPSA) is 46.2 Å². The normalized spacial score (nSPS) is 11.1. The number of hydrogen-bond donors (Lipinski definition) is 1. The third-order valence-electron chi connectivity index (χ3n) is 2.38. The van der Waals surface area contributed by atoms with E-state index in [0.29, 0.717) is 5.69 Å². The van der Waals surface area contributed by atoms with Crippen LogP contribution in [0.4, 0.5) is 5.69 Å². The average Bonchev–Trinajstić information content (AvgIpc) is 2.33. The van der Waals surface area contributed by atoms with Crippen molar-refractivity contribution in [3.63, 3.8) is 0 Å². The highest BCUT2D eigenvalue weighted by Crippen LogP contribution is 2.18. The van der Waals surface area contributed by atoms with Gasteiger partial charge in [-0.3, -0.25) is 4.72 Å². The minimum atomic E-state index is -3.51. The van der Waals surface area contributed by atoms with Gasteiger partial charge >= 0.3 is 0 Å². The lowest BCUT2D eigenvalue weighted by Crippen LogP contribution is -2.13. The second-order valence-electron chi connectivity index (χ2n) is 3.66. The maximum atomic E-state index is 12.0. The molecule has 0 fully saturated rings. The summed E-state index contributed by atoms with van der Waals surface area (Å²) in [7, 11) is -3.51. The van der Waals surface area contributed by atoms with Crippen LogP contribution in [0.5, 0.6) is 0 Å². The number of aryl methyl sites for hydroxylation is 1. The Morgan fingerprint density at radius 1 is 1.12 bits per heavy atom. The van der Waals surface area contributed by atoms with E-state index in [1.165, 1.54) is 0 Å². The van der Waals surface area contributed by atoms with Gasteiger partial charge in [0.1, 0.15) is 0 Å². The van der Waals surface area contributed by atoms with Crippen LogP contribution in [0.25, 0.3) is 0 Å². The molecule has 3 nitrogen and oxygen atoms in total. The van der Waals surface area contributed by atoms with E-state index in [1.807, 2.05) is 13.0 Å². The molecule has 0 amide bonds. The summed E-state index contributed by atoms with van der Waals surface area (Å²) in [6.07, 6.45) is 0. The number of benzene rings is 2. The summed E-state index contributed by atoms with van der Waals surface area (Å²) < 4.78 is 26.6. The fourth-order valence-corrected chi connectivity index (χ4v) is 2.56. The first-order valence-corrected chi connectivity index (χ1v) is 6.62. The molecule has 2 aromatic rings. The van der Waals surface area contributed by atoms with Crippen molar-refractivity contribution in [2.75, 3.05) is 4.72 Å². The van der Waals surface area contributed by atoms with Gasteiger partial charge in [-0.2, -0.15) is 0 Å². The van der Waals surface area contributed by atoms with E-state index in [9.17, 15) is 8.42 Å². The Morgan fingerprint density at radius 2 is 1.82 bits per heavy atom. The van der Waals surface area contributed by atoms with E-state index in [0.717, 1.165) is 5.56 Å². The van der Waals surface area contributed by atoms with E-state index >= 15 is 0 Å². The van der Waals surface area contributed by atoms with E-state index in [1.54, 1.807) is 42.5 Å². The molecular formula is C13H12NO2S.